The van der Waals surface area contributed by atoms with E-state index >= 15 is 0 Å². The van der Waals surface area contributed by atoms with E-state index in [1.54, 1.807) is 0 Å². The summed E-state index contributed by atoms with van der Waals surface area (Å²) in [6, 6.07) is 15.9. The molecule has 2 aromatic rings. The van der Waals surface area contributed by atoms with Crippen LogP contribution in [0.15, 0.2) is 48.5 Å². The first-order valence-corrected chi connectivity index (χ1v) is 7.25. The number of rotatable bonds is 6. The Morgan fingerprint density at radius 2 is 1.86 bits per heavy atom. The fourth-order valence-electron chi connectivity index (χ4n) is 2.23. The SMILES string of the molecule is CNC(C)c1cc(C)ccc1OCC(O)c1ccccc1. The Balaban J connectivity index is 2.09. The zero-order valence-corrected chi connectivity index (χ0v) is 12.8. The summed E-state index contributed by atoms with van der Waals surface area (Å²) in [6.07, 6.45) is -0.620. The third-order valence-corrected chi connectivity index (χ3v) is 3.65. The molecule has 3 nitrogen and oxygen atoms in total. The molecule has 2 unspecified atom stereocenters. The Hall–Kier alpha value is -1.84. The minimum absolute atomic E-state index is 0.203. The normalized spacial score (nSPS) is 13.7. The van der Waals surface area contributed by atoms with Gasteiger partial charge in [-0.1, -0.05) is 48.0 Å². The molecule has 0 amide bonds. The molecule has 0 aliphatic carbocycles. The van der Waals surface area contributed by atoms with Crippen LogP contribution in [0.2, 0.25) is 0 Å². The molecule has 0 spiro atoms. The molecule has 0 heterocycles. The minimum Gasteiger partial charge on any atom is -0.490 e. The first kappa shape index (κ1) is 15.5. The molecule has 2 aromatic carbocycles. The molecule has 21 heavy (non-hydrogen) atoms. The van der Waals surface area contributed by atoms with Crippen molar-refractivity contribution in [1.29, 1.82) is 0 Å². The van der Waals surface area contributed by atoms with Crippen molar-refractivity contribution in [2.75, 3.05) is 13.7 Å². The maximum Gasteiger partial charge on any atom is 0.124 e. The smallest absolute Gasteiger partial charge is 0.124 e. The largest absolute Gasteiger partial charge is 0.490 e. The van der Waals surface area contributed by atoms with Gasteiger partial charge in [0.2, 0.25) is 0 Å². The highest BCUT2D eigenvalue weighted by atomic mass is 16.5. The predicted octanol–water partition coefficient (Wildman–Crippen LogP) is 3.39. The van der Waals surface area contributed by atoms with Gasteiger partial charge in [-0.2, -0.15) is 0 Å². The summed E-state index contributed by atoms with van der Waals surface area (Å²) in [7, 11) is 1.93. The Morgan fingerprint density at radius 1 is 1.14 bits per heavy atom. The average Bonchev–Trinajstić information content (AvgIpc) is 2.53. The van der Waals surface area contributed by atoms with E-state index < -0.39 is 6.10 Å². The second-order valence-electron chi connectivity index (χ2n) is 5.29. The molecule has 0 radical (unpaired) electrons. The molecule has 0 saturated carbocycles. The number of nitrogens with one attached hydrogen (secondary N) is 1. The van der Waals surface area contributed by atoms with E-state index in [-0.39, 0.29) is 12.6 Å². The predicted molar refractivity (Wildman–Crippen MR) is 85.6 cm³/mol. The van der Waals surface area contributed by atoms with Crippen LogP contribution >= 0.6 is 0 Å². The lowest BCUT2D eigenvalue weighted by molar-refractivity contribution is 0.107. The standard InChI is InChI=1S/C18H23NO2/c1-13-9-10-18(16(11-13)14(2)19-3)21-12-17(20)15-7-5-4-6-8-15/h4-11,14,17,19-20H,12H2,1-3H3. The van der Waals surface area contributed by atoms with Gasteiger partial charge in [-0.15, -0.1) is 0 Å². The summed E-state index contributed by atoms with van der Waals surface area (Å²) in [5.74, 6) is 0.817. The fraction of sp³-hybridized carbons (Fsp3) is 0.333. The number of hydrogen-bond acceptors (Lipinski definition) is 3. The van der Waals surface area contributed by atoms with Crippen LogP contribution in [0.25, 0.3) is 0 Å². The number of aliphatic hydroxyl groups is 1. The molecular formula is C18H23NO2. The summed E-state index contributed by atoms with van der Waals surface area (Å²) in [5, 5.41) is 13.4. The van der Waals surface area contributed by atoms with Gasteiger partial charge in [-0.3, -0.25) is 0 Å². The molecule has 0 aromatic heterocycles. The molecule has 2 N–H and O–H groups in total. The second kappa shape index (κ2) is 7.25. The van der Waals surface area contributed by atoms with Gasteiger partial charge < -0.3 is 15.2 Å². The number of ether oxygens (including phenoxy) is 1. The number of benzene rings is 2. The van der Waals surface area contributed by atoms with E-state index in [0.29, 0.717) is 0 Å². The fourth-order valence-corrected chi connectivity index (χ4v) is 2.23. The highest BCUT2D eigenvalue weighted by Gasteiger charge is 2.13. The van der Waals surface area contributed by atoms with Crippen LogP contribution in [0.5, 0.6) is 5.75 Å². The Morgan fingerprint density at radius 3 is 2.52 bits per heavy atom. The molecule has 3 heteroatoms. The molecule has 2 atom stereocenters. The Labute approximate surface area is 126 Å². The maximum atomic E-state index is 10.2. The summed E-state index contributed by atoms with van der Waals surface area (Å²) in [6.45, 7) is 4.40. The first-order valence-electron chi connectivity index (χ1n) is 7.25. The molecule has 0 bridgehead atoms. The topological polar surface area (TPSA) is 41.5 Å². The molecule has 0 aliphatic rings. The van der Waals surface area contributed by atoms with Crippen molar-refractivity contribution in [2.24, 2.45) is 0 Å². The summed E-state index contributed by atoms with van der Waals surface area (Å²) in [5.41, 5.74) is 3.17. The number of hydrogen-bond donors (Lipinski definition) is 2. The third kappa shape index (κ3) is 4.06. The molecule has 0 saturated heterocycles. The molecular weight excluding hydrogens is 262 g/mol. The van der Waals surface area contributed by atoms with Crippen LogP contribution in [0.3, 0.4) is 0 Å². The average molecular weight is 285 g/mol. The Bertz CT molecular complexity index is 569. The molecule has 112 valence electrons. The van der Waals surface area contributed by atoms with E-state index in [0.717, 1.165) is 16.9 Å². The van der Waals surface area contributed by atoms with Gasteiger partial charge in [-0.05, 0) is 32.5 Å². The van der Waals surface area contributed by atoms with E-state index in [4.69, 9.17) is 4.74 Å². The lowest BCUT2D eigenvalue weighted by Crippen LogP contribution is -2.16. The van der Waals surface area contributed by atoms with Crippen molar-refractivity contribution in [3.05, 3.63) is 65.2 Å². The van der Waals surface area contributed by atoms with Crippen LogP contribution < -0.4 is 10.1 Å². The lowest BCUT2D eigenvalue weighted by atomic mass is 10.0. The van der Waals surface area contributed by atoms with Gasteiger partial charge in [0.25, 0.3) is 0 Å². The highest BCUT2D eigenvalue weighted by Crippen LogP contribution is 2.27. The van der Waals surface area contributed by atoms with Gasteiger partial charge in [0.15, 0.2) is 0 Å². The molecule has 0 aliphatic heterocycles. The van der Waals surface area contributed by atoms with Crippen molar-refractivity contribution in [3.8, 4) is 5.75 Å². The van der Waals surface area contributed by atoms with E-state index in [9.17, 15) is 5.11 Å². The third-order valence-electron chi connectivity index (χ3n) is 3.65. The number of aliphatic hydroxyl groups excluding tert-OH is 1. The Kier molecular flexibility index (Phi) is 5.37. The van der Waals surface area contributed by atoms with E-state index in [1.807, 2.05) is 49.5 Å². The zero-order chi connectivity index (χ0) is 15.2. The van der Waals surface area contributed by atoms with Gasteiger partial charge in [0, 0.05) is 11.6 Å². The van der Waals surface area contributed by atoms with Crippen molar-refractivity contribution in [3.63, 3.8) is 0 Å². The van der Waals surface area contributed by atoms with Gasteiger partial charge in [-0.25, -0.2) is 0 Å². The quantitative estimate of drug-likeness (QED) is 0.855. The zero-order valence-electron chi connectivity index (χ0n) is 12.8. The van der Waals surface area contributed by atoms with Crippen LogP contribution in [-0.4, -0.2) is 18.8 Å². The summed E-state index contributed by atoms with van der Waals surface area (Å²) in [4.78, 5) is 0. The lowest BCUT2D eigenvalue weighted by Gasteiger charge is -2.19. The van der Waals surface area contributed by atoms with Crippen molar-refractivity contribution < 1.29 is 9.84 Å². The molecule has 2 rings (SSSR count). The van der Waals surface area contributed by atoms with Crippen LogP contribution in [-0.2, 0) is 0 Å². The first-order chi connectivity index (χ1) is 10.1. The molecule has 0 fully saturated rings. The van der Waals surface area contributed by atoms with Crippen LogP contribution in [0.1, 0.15) is 35.8 Å². The number of aryl methyl sites for hydroxylation is 1. The van der Waals surface area contributed by atoms with Gasteiger partial charge in [0.05, 0.1) is 0 Å². The second-order valence-corrected chi connectivity index (χ2v) is 5.29. The maximum absolute atomic E-state index is 10.2. The van der Waals surface area contributed by atoms with Crippen LogP contribution in [0.4, 0.5) is 0 Å². The van der Waals surface area contributed by atoms with Crippen molar-refractivity contribution in [2.45, 2.75) is 26.0 Å². The summed E-state index contributed by atoms with van der Waals surface area (Å²) < 4.78 is 5.84. The highest BCUT2D eigenvalue weighted by molar-refractivity contribution is 5.39. The van der Waals surface area contributed by atoms with E-state index in [1.165, 1.54) is 5.56 Å². The van der Waals surface area contributed by atoms with Crippen LogP contribution in [0, 0.1) is 6.92 Å². The van der Waals surface area contributed by atoms with Gasteiger partial charge in [0.1, 0.15) is 18.5 Å². The van der Waals surface area contributed by atoms with Crippen molar-refractivity contribution >= 4 is 0 Å². The summed E-state index contributed by atoms with van der Waals surface area (Å²) >= 11 is 0. The van der Waals surface area contributed by atoms with E-state index in [2.05, 4.69) is 25.2 Å². The monoisotopic (exact) mass is 285 g/mol. The van der Waals surface area contributed by atoms with Gasteiger partial charge >= 0.3 is 0 Å². The van der Waals surface area contributed by atoms with Crippen molar-refractivity contribution in [1.82, 2.24) is 5.32 Å². The minimum atomic E-state index is -0.620.